The lowest BCUT2D eigenvalue weighted by Gasteiger charge is -2.28. The average Bonchev–Trinajstić information content (AvgIpc) is 3.31. The third-order valence-electron chi connectivity index (χ3n) is 7.66. The standard InChI is InChI=1S/C32H29FN2O5S/c1-4-20-8-9-25-28(15-20)34-32-30(25)31(36)27-17-22(14-19(2)3)26(18-29(27)35(32)23-10-12-39-13-11-23)21-6-5-7-24(16-21)40-41(33,37)38/h1,5-9,15-19,23,34H,10-14H2,2-3H3. The lowest BCUT2D eigenvalue weighted by molar-refractivity contribution is 0.0715. The molecule has 1 aliphatic heterocycles. The first-order valence-corrected chi connectivity index (χ1v) is 14.9. The minimum absolute atomic E-state index is 0.0738. The number of nitrogens with zero attached hydrogens (tertiary/aromatic N) is 1. The number of hydrogen-bond donors (Lipinski definition) is 1. The monoisotopic (exact) mass is 572 g/mol. The van der Waals surface area contributed by atoms with E-state index >= 15 is 0 Å². The zero-order valence-corrected chi connectivity index (χ0v) is 23.6. The molecule has 41 heavy (non-hydrogen) atoms. The number of pyridine rings is 1. The molecule has 0 bridgehead atoms. The fraction of sp³-hybridized carbons (Fsp3) is 0.281. The van der Waals surface area contributed by atoms with E-state index in [9.17, 15) is 17.1 Å². The zero-order chi connectivity index (χ0) is 28.9. The van der Waals surface area contributed by atoms with Crippen molar-refractivity contribution in [2.24, 2.45) is 5.92 Å². The molecule has 7 nitrogen and oxygen atoms in total. The normalized spacial score (nSPS) is 14.7. The molecule has 0 atom stereocenters. The van der Waals surface area contributed by atoms with Crippen LogP contribution in [0.25, 0.3) is 44.0 Å². The van der Waals surface area contributed by atoms with Gasteiger partial charge >= 0.3 is 10.5 Å². The van der Waals surface area contributed by atoms with Crippen molar-refractivity contribution in [2.45, 2.75) is 39.2 Å². The highest BCUT2D eigenvalue weighted by molar-refractivity contribution is 7.81. The molecule has 1 N–H and O–H groups in total. The summed E-state index contributed by atoms with van der Waals surface area (Å²) in [7, 11) is -5.18. The third kappa shape index (κ3) is 5.09. The van der Waals surface area contributed by atoms with Gasteiger partial charge in [-0.15, -0.1) is 6.42 Å². The predicted octanol–water partition coefficient (Wildman–Crippen LogP) is 6.43. The SMILES string of the molecule is C#Cc1ccc2c(c1)[nH]c1c2c(=O)c2cc(CC(C)C)c(-c3cccc(OS(=O)(=O)F)c3)cc2n1C1CCOCC1. The van der Waals surface area contributed by atoms with Crippen LogP contribution in [0.1, 0.15) is 43.9 Å². The van der Waals surface area contributed by atoms with E-state index in [1.165, 1.54) is 12.1 Å². The summed E-state index contributed by atoms with van der Waals surface area (Å²) in [6.07, 6.45) is 7.88. The van der Waals surface area contributed by atoms with E-state index < -0.39 is 10.5 Å². The Labute approximate surface area is 237 Å². The molecule has 0 amide bonds. The summed E-state index contributed by atoms with van der Waals surface area (Å²) in [5.74, 6) is 2.81. The van der Waals surface area contributed by atoms with E-state index in [4.69, 9.17) is 11.2 Å². The van der Waals surface area contributed by atoms with Gasteiger partial charge in [-0.1, -0.05) is 41.9 Å². The highest BCUT2D eigenvalue weighted by Gasteiger charge is 2.25. The Hall–Kier alpha value is -4.13. The van der Waals surface area contributed by atoms with Crippen LogP contribution in [0.3, 0.4) is 0 Å². The van der Waals surface area contributed by atoms with Gasteiger partial charge in [-0.05, 0) is 78.3 Å². The van der Waals surface area contributed by atoms with Crippen molar-refractivity contribution in [1.82, 2.24) is 9.55 Å². The molecule has 2 aromatic heterocycles. The molecule has 0 radical (unpaired) electrons. The smallest absolute Gasteiger partial charge is 0.381 e. The number of aromatic nitrogens is 2. The van der Waals surface area contributed by atoms with Crippen molar-refractivity contribution in [2.75, 3.05) is 13.2 Å². The van der Waals surface area contributed by atoms with E-state index in [-0.39, 0.29) is 23.1 Å². The van der Waals surface area contributed by atoms with Crippen molar-refractivity contribution in [3.8, 4) is 29.2 Å². The number of fused-ring (bicyclic) bond motifs is 4. The van der Waals surface area contributed by atoms with E-state index in [1.807, 2.05) is 36.4 Å². The van der Waals surface area contributed by atoms with Gasteiger partial charge in [0.15, 0.2) is 5.43 Å². The topological polar surface area (TPSA) is 90.4 Å². The summed E-state index contributed by atoms with van der Waals surface area (Å²) in [4.78, 5) is 17.7. The van der Waals surface area contributed by atoms with Crippen LogP contribution >= 0.6 is 0 Å². The van der Waals surface area contributed by atoms with Gasteiger partial charge in [0.25, 0.3) is 0 Å². The van der Waals surface area contributed by atoms with Crippen molar-refractivity contribution in [3.63, 3.8) is 0 Å². The zero-order valence-electron chi connectivity index (χ0n) is 22.7. The molecule has 6 rings (SSSR count). The van der Waals surface area contributed by atoms with E-state index in [1.54, 1.807) is 6.07 Å². The number of benzene rings is 3. The quantitative estimate of drug-likeness (QED) is 0.187. The number of halogens is 1. The van der Waals surface area contributed by atoms with Crippen LogP contribution in [-0.4, -0.2) is 31.2 Å². The molecule has 0 aliphatic carbocycles. The van der Waals surface area contributed by atoms with Crippen LogP contribution in [0.2, 0.25) is 0 Å². The van der Waals surface area contributed by atoms with Gasteiger partial charge in [0.1, 0.15) is 11.4 Å². The molecular formula is C32H29FN2O5S. The van der Waals surface area contributed by atoms with E-state index in [0.717, 1.165) is 51.6 Å². The lowest BCUT2D eigenvalue weighted by Crippen LogP contribution is -2.23. The molecule has 3 aromatic carbocycles. The molecule has 0 saturated carbocycles. The first-order chi connectivity index (χ1) is 19.6. The summed E-state index contributed by atoms with van der Waals surface area (Å²) in [6, 6.07) is 16.0. The van der Waals surface area contributed by atoms with Gasteiger partial charge < -0.3 is 18.5 Å². The molecule has 5 aromatic rings. The summed E-state index contributed by atoms with van der Waals surface area (Å²) < 4.78 is 48.1. The second kappa shape index (κ2) is 10.4. The van der Waals surface area contributed by atoms with Crippen LogP contribution in [0.4, 0.5) is 3.89 Å². The molecule has 1 aliphatic rings. The molecule has 3 heterocycles. The fourth-order valence-electron chi connectivity index (χ4n) is 5.98. The second-order valence-corrected chi connectivity index (χ2v) is 11.9. The fourth-order valence-corrected chi connectivity index (χ4v) is 6.32. The van der Waals surface area contributed by atoms with Gasteiger partial charge in [0.2, 0.25) is 0 Å². The highest BCUT2D eigenvalue weighted by Crippen LogP contribution is 2.37. The van der Waals surface area contributed by atoms with Crippen LogP contribution in [0, 0.1) is 18.3 Å². The Morgan fingerprint density at radius 3 is 2.61 bits per heavy atom. The third-order valence-corrected chi connectivity index (χ3v) is 8.06. The van der Waals surface area contributed by atoms with Crippen molar-refractivity contribution in [1.29, 1.82) is 0 Å². The molecule has 210 valence electrons. The van der Waals surface area contributed by atoms with Crippen LogP contribution < -0.4 is 9.61 Å². The highest BCUT2D eigenvalue weighted by atomic mass is 32.3. The van der Waals surface area contributed by atoms with Gasteiger partial charge in [0.05, 0.1) is 10.9 Å². The Bertz CT molecular complexity index is 2030. The van der Waals surface area contributed by atoms with Crippen molar-refractivity contribution < 1.29 is 21.2 Å². The van der Waals surface area contributed by atoms with Crippen LogP contribution in [0.5, 0.6) is 5.75 Å². The number of H-pyrrole nitrogens is 1. The minimum Gasteiger partial charge on any atom is -0.381 e. The molecular weight excluding hydrogens is 543 g/mol. The molecule has 1 saturated heterocycles. The number of aromatic amines is 1. The first-order valence-electron chi connectivity index (χ1n) is 13.6. The summed E-state index contributed by atoms with van der Waals surface area (Å²) >= 11 is 0. The number of nitrogens with one attached hydrogen (secondary N) is 1. The van der Waals surface area contributed by atoms with E-state index in [0.29, 0.717) is 36.0 Å². The largest absolute Gasteiger partial charge is 0.488 e. The first kappa shape index (κ1) is 27.1. The maximum atomic E-state index is 14.2. The summed E-state index contributed by atoms with van der Waals surface area (Å²) in [6.45, 7) is 5.40. The van der Waals surface area contributed by atoms with Crippen molar-refractivity contribution in [3.05, 3.63) is 75.9 Å². The van der Waals surface area contributed by atoms with E-state index in [2.05, 4.69) is 33.5 Å². The van der Waals surface area contributed by atoms with Gasteiger partial charge in [-0.2, -0.15) is 8.42 Å². The Kier molecular flexibility index (Phi) is 6.84. The number of hydrogen-bond acceptors (Lipinski definition) is 5. The van der Waals surface area contributed by atoms with Crippen LogP contribution in [-0.2, 0) is 21.7 Å². The number of terminal acetylenes is 1. The molecule has 0 spiro atoms. The van der Waals surface area contributed by atoms with Crippen LogP contribution in [0.15, 0.2) is 59.4 Å². The van der Waals surface area contributed by atoms with Crippen molar-refractivity contribution >= 4 is 43.3 Å². The number of rotatable bonds is 6. The minimum atomic E-state index is -5.18. The summed E-state index contributed by atoms with van der Waals surface area (Å²) in [5, 5.41) is 2.04. The number of ether oxygens (including phenoxy) is 1. The Morgan fingerprint density at radius 1 is 1.12 bits per heavy atom. The maximum absolute atomic E-state index is 14.2. The lowest BCUT2D eigenvalue weighted by atomic mass is 9.91. The average molecular weight is 573 g/mol. The Morgan fingerprint density at radius 2 is 1.90 bits per heavy atom. The molecule has 1 fully saturated rings. The Balaban J connectivity index is 1.70. The predicted molar refractivity (Wildman–Crippen MR) is 159 cm³/mol. The van der Waals surface area contributed by atoms with Gasteiger partial charge in [0, 0.05) is 41.1 Å². The second-order valence-electron chi connectivity index (χ2n) is 10.9. The molecule has 0 unspecified atom stereocenters. The summed E-state index contributed by atoms with van der Waals surface area (Å²) in [5.41, 5.74) is 5.32. The molecule has 9 heteroatoms. The van der Waals surface area contributed by atoms with Gasteiger partial charge in [-0.25, -0.2) is 0 Å². The maximum Gasteiger partial charge on any atom is 0.488 e. The van der Waals surface area contributed by atoms with Gasteiger partial charge in [-0.3, -0.25) is 4.79 Å².